The molecule has 22 heavy (non-hydrogen) atoms. The molecule has 0 bridgehead atoms. The van der Waals surface area contributed by atoms with Gasteiger partial charge in [0, 0.05) is 12.6 Å². The summed E-state index contributed by atoms with van der Waals surface area (Å²) < 4.78 is 29.9. The highest BCUT2D eigenvalue weighted by Crippen LogP contribution is 2.21. The van der Waals surface area contributed by atoms with Crippen LogP contribution in [0, 0.1) is 0 Å². The van der Waals surface area contributed by atoms with E-state index in [1.165, 1.54) is 0 Å². The molecule has 1 rings (SSSR count). The molecule has 1 aromatic carbocycles. The van der Waals surface area contributed by atoms with Gasteiger partial charge in [-0.25, -0.2) is 8.42 Å². The molecule has 2 N–H and O–H groups in total. The van der Waals surface area contributed by atoms with E-state index >= 15 is 0 Å². The number of hydrogen-bond donors (Lipinski definition) is 2. The zero-order valence-corrected chi connectivity index (χ0v) is 14.6. The maximum absolute atomic E-state index is 12.2. The van der Waals surface area contributed by atoms with Crippen molar-refractivity contribution in [2.75, 3.05) is 13.2 Å². The number of sulfone groups is 1. The van der Waals surface area contributed by atoms with Crippen LogP contribution in [0.2, 0.25) is 0 Å². The van der Waals surface area contributed by atoms with Crippen molar-refractivity contribution in [3.63, 3.8) is 0 Å². The van der Waals surface area contributed by atoms with Crippen LogP contribution in [-0.2, 0) is 9.84 Å². The first-order chi connectivity index (χ1) is 10.3. The van der Waals surface area contributed by atoms with Gasteiger partial charge in [-0.3, -0.25) is 0 Å². The normalized spacial score (nSPS) is 14.8. The molecule has 6 heteroatoms. The van der Waals surface area contributed by atoms with Crippen LogP contribution in [0.4, 0.5) is 0 Å². The van der Waals surface area contributed by atoms with Crippen molar-refractivity contribution < 1.29 is 18.3 Å². The summed E-state index contributed by atoms with van der Waals surface area (Å²) in [4.78, 5) is 0.302. The Labute approximate surface area is 133 Å². The van der Waals surface area contributed by atoms with Crippen molar-refractivity contribution in [2.24, 2.45) is 0 Å². The van der Waals surface area contributed by atoms with Crippen LogP contribution in [-0.4, -0.2) is 44.1 Å². The topological polar surface area (TPSA) is 75.6 Å². The highest BCUT2D eigenvalue weighted by molar-refractivity contribution is 7.92. The predicted molar refractivity (Wildman–Crippen MR) is 88.0 cm³/mol. The first-order valence-corrected chi connectivity index (χ1v) is 9.20. The van der Waals surface area contributed by atoms with E-state index in [1.807, 2.05) is 20.8 Å². The second-order valence-electron chi connectivity index (χ2n) is 5.76. The molecule has 2 unspecified atom stereocenters. The van der Waals surface area contributed by atoms with Crippen LogP contribution in [0.5, 0.6) is 5.75 Å². The van der Waals surface area contributed by atoms with E-state index in [1.54, 1.807) is 31.2 Å². The third-order valence-electron chi connectivity index (χ3n) is 3.46. The maximum Gasteiger partial charge on any atom is 0.180 e. The average Bonchev–Trinajstić information content (AvgIpc) is 2.50. The van der Waals surface area contributed by atoms with Crippen LogP contribution in [0.25, 0.3) is 0 Å². The van der Waals surface area contributed by atoms with Gasteiger partial charge in [0.15, 0.2) is 9.84 Å². The molecular weight excluding hydrogens is 302 g/mol. The Balaban J connectivity index is 2.59. The zero-order chi connectivity index (χ0) is 16.8. The number of benzene rings is 1. The number of aliphatic hydroxyl groups excluding tert-OH is 1. The Morgan fingerprint density at radius 2 is 1.77 bits per heavy atom. The monoisotopic (exact) mass is 329 g/mol. The van der Waals surface area contributed by atoms with E-state index in [0.29, 0.717) is 29.7 Å². The lowest BCUT2D eigenvalue weighted by Gasteiger charge is -2.15. The first-order valence-electron chi connectivity index (χ1n) is 7.65. The van der Waals surface area contributed by atoms with E-state index in [-0.39, 0.29) is 6.61 Å². The zero-order valence-electron chi connectivity index (χ0n) is 13.7. The van der Waals surface area contributed by atoms with Crippen molar-refractivity contribution in [2.45, 2.75) is 56.4 Å². The van der Waals surface area contributed by atoms with E-state index in [0.717, 1.165) is 0 Å². The van der Waals surface area contributed by atoms with Crippen LogP contribution >= 0.6 is 0 Å². The lowest BCUT2D eigenvalue weighted by Crippen LogP contribution is -2.35. The number of nitrogens with one attached hydrogen (secondary N) is 1. The molecular formula is C16H27NO4S. The minimum absolute atomic E-state index is 0.164. The van der Waals surface area contributed by atoms with Gasteiger partial charge in [-0.2, -0.15) is 0 Å². The summed E-state index contributed by atoms with van der Waals surface area (Å²) in [5.41, 5.74) is 0. The molecule has 0 radical (unpaired) electrons. The van der Waals surface area contributed by atoms with Crippen LogP contribution in [0.15, 0.2) is 29.2 Å². The predicted octanol–water partition coefficient (Wildman–Crippen LogP) is 2.00. The summed E-state index contributed by atoms with van der Waals surface area (Å²) in [6.07, 6.45) is -0.0266. The molecule has 0 saturated heterocycles. The standard InChI is InChI=1S/C16H27NO4S/c1-5-13(4)22(19,20)16-8-6-15(7-9-16)21-11-14(18)10-17-12(2)3/h6-9,12-14,17-18H,5,10-11H2,1-4H3. The summed E-state index contributed by atoms with van der Waals surface area (Å²) in [7, 11) is -3.27. The molecule has 0 heterocycles. The van der Waals surface area contributed by atoms with Crippen LogP contribution < -0.4 is 10.1 Å². The quantitative estimate of drug-likeness (QED) is 0.725. The van der Waals surface area contributed by atoms with Crippen LogP contribution in [0.1, 0.15) is 34.1 Å². The fourth-order valence-electron chi connectivity index (χ4n) is 1.80. The van der Waals surface area contributed by atoms with Crippen molar-refractivity contribution in [1.82, 2.24) is 5.32 Å². The Morgan fingerprint density at radius 3 is 2.27 bits per heavy atom. The molecule has 0 aliphatic heterocycles. The lowest BCUT2D eigenvalue weighted by molar-refractivity contribution is 0.104. The number of hydrogen-bond acceptors (Lipinski definition) is 5. The fourth-order valence-corrected chi connectivity index (χ4v) is 3.22. The molecule has 2 atom stereocenters. The molecule has 126 valence electrons. The van der Waals surface area contributed by atoms with Crippen LogP contribution in [0.3, 0.4) is 0 Å². The first kappa shape index (κ1) is 18.9. The molecule has 1 aromatic rings. The van der Waals surface area contributed by atoms with Gasteiger partial charge in [0.1, 0.15) is 18.5 Å². The summed E-state index contributed by atoms with van der Waals surface area (Å²) in [5, 5.41) is 12.5. The van der Waals surface area contributed by atoms with Crippen molar-refractivity contribution in [3.05, 3.63) is 24.3 Å². The summed E-state index contributed by atoms with van der Waals surface area (Å²) in [6, 6.07) is 6.65. The Hall–Kier alpha value is -1.11. The lowest BCUT2D eigenvalue weighted by atomic mass is 10.3. The molecule has 0 spiro atoms. The number of rotatable bonds is 9. The minimum atomic E-state index is -3.27. The highest BCUT2D eigenvalue weighted by atomic mass is 32.2. The van der Waals surface area contributed by atoms with E-state index < -0.39 is 21.2 Å². The van der Waals surface area contributed by atoms with E-state index in [4.69, 9.17) is 4.74 Å². The second-order valence-corrected chi connectivity index (χ2v) is 8.13. The molecule has 0 fully saturated rings. The van der Waals surface area contributed by atoms with E-state index in [9.17, 15) is 13.5 Å². The second kappa shape index (κ2) is 8.50. The molecule has 0 aromatic heterocycles. The Morgan fingerprint density at radius 1 is 1.18 bits per heavy atom. The average molecular weight is 329 g/mol. The maximum atomic E-state index is 12.2. The van der Waals surface area contributed by atoms with Gasteiger partial charge >= 0.3 is 0 Å². The molecule has 0 aliphatic rings. The van der Waals surface area contributed by atoms with Gasteiger partial charge < -0.3 is 15.2 Å². The molecule has 5 nitrogen and oxygen atoms in total. The smallest absolute Gasteiger partial charge is 0.180 e. The Bertz CT molecular complexity index is 540. The summed E-state index contributed by atoms with van der Waals surface area (Å²) in [5.74, 6) is 0.548. The Kier molecular flexibility index (Phi) is 7.32. The molecule has 0 saturated carbocycles. The summed E-state index contributed by atoms with van der Waals surface area (Å²) >= 11 is 0. The SMILES string of the molecule is CCC(C)S(=O)(=O)c1ccc(OCC(O)CNC(C)C)cc1. The van der Waals surface area contributed by atoms with Gasteiger partial charge in [-0.05, 0) is 37.6 Å². The van der Waals surface area contributed by atoms with Gasteiger partial charge in [0.2, 0.25) is 0 Å². The van der Waals surface area contributed by atoms with Crippen molar-refractivity contribution in [1.29, 1.82) is 0 Å². The number of ether oxygens (including phenoxy) is 1. The van der Waals surface area contributed by atoms with Gasteiger partial charge in [0.25, 0.3) is 0 Å². The van der Waals surface area contributed by atoms with Gasteiger partial charge in [0.05, 0.1) is 10.1 Å². The third-order valence-corrected chi connectivity index (χ3v) is 5.78. The van der Waals surface area contributed by atoms with Gasteiger partial charge in [-0.15, -0.1) is 0 Å². The minimum Gasteiger partial charge on any atom is -0.491 e. The summed E-state index contributed by atoms with van der Waals surface area (Å²) in [6.45, 7) is 8.19. The number of aliphatic hydroxyl groups is 1. The third kappa shape index (κ3) is 5.59. The van der Waals surface area contributed by atoms with E-state index in [2.05, 4.69) is 5.32 Å². The molecule has 0 aliphatic carbocycles. The van der Waals surface area contributed by atoms with Crippen molar-refractivity contribution in [3.8, 4) is 5.75 Å². The fraction of sp³-hybridized carbons (Fsp3) is 0.625. The molecule has 0 amide bonds. The van der Waals surface area contributed by atoms with Gasteiger partial charge in [-0.1, -0.05) is 20.8 Å². The van der Waals surface area contributed by atoms with Crippen molar-refractivity contribution >= 4 is 9.84 Å². The largest absolute Gasteiger partial charge is 0.491 e. The highest BCUT2D eigenvalue weighted by Gasteiger charge is 2.21.